The van der Waals surface area contributed by atoms with E-state index in [1.807, 2.05) is 25.2 Å². The Hall–Kier alpha value is -1.35. The van der Waals surface area contributed by atoms with Crippen LogP contribution in [0.5, 0.6) is 0 Å². The summed E-state index contributed by atoms with van der Waals surface area (Å²) in [6.07, 6.45) is 0.536. The molecule has 0 fully saturated rings. The number of carbonyl (C=O) groups is 1. The molecule has 1 N–H and O–H groups in total. The van der Waals surface area contributed by atoms with Gasteiger partial charge in [0, 0.05) is 31.2 Å². The van der Waals surface area contributed by atoms with Crippen molar-refractivity contribution in [2.75, 3.05) is 11.9 Å². The highest BCUT2D eigenvalue weighted by molar-refractivity contribution is 5.96. The number of amides is 1. The highest BCUT2D eigenvalue weighted by atomic mass is 16.2. The third-order valence-electron chi connectivity index (χ3n) is 4.18. The Morgan fingerprint density at radius 2 is 1.95 bits per heavy atom. The van der Waals surface area contributed by atoms with Gasteiger partial charge in [-0.15, -0.1) is 0 Å². The number of benzene rings is 1. The predicted octanol–water partition coefficient (Wildman–Crippen LogP) is 3.12. The molecule has 0 spiro atoms. The largest absolute Gasteiger partial charge is 0.315 e. The number of anilines is 1. The molecule has 0 bridgehead atoms. The van der Waals surface area contributed by atoms with Crippen LogP contribution in [-0.2, 0) is 4.79 Å². The second kappa shape index (κ2) is 4.97. The summed E-state index contributed by atoms with van der Waals surface area (Å²) in [5.74, 6) is 0.178. The minimum absolute atomic E-state index is 0.120. The van der Waals surface area contributed by atoms with Crippen molar-refractivity contribution in [1.82, 2.24) is 5.32 Å². The van der Waals surface area contributed by atoms with Crippen molar-refractivity contribution in [3.8, 4) is 0 Å². The second-order valence-electron chi connectivity index (χ2n) is 6.52. The van der Waals surface area contributed by atoms with Crippen LogP contribution in [0.4, 0.5) is 5.69 Å². The van der Waals surface area contributed by atoms with Crippen molar-refractivity contribution >= 4 is 11.6 Å². The van der Waals surface area contributed by atoms with E-state index in [0.717, 1.165) is 5.69 Å². The van der Waals surface area contributed by atoms with E-state index < -0.39 is 0 Å². The van der Waals surface area contributed by atoms with Gasteiger partial charge in [0.25, 0.3) is 0 Å². The van der Waals surface area contributed by atoms with Gasteiger partial charge in [0.05, 0.1) is 0 Å². The zero-order chi connectivity index (χ0) is 14.2. The first-order valence-electron chi connectivity index (χ1n) is 6.92. The molecular formula is C16H24N2O. The number of nitrogens with zero attached hydrogens (tertiary/aromatic N) is 1. The summed E-state index contributed by atoms with van der Waals surface area (Å²) >= 11 is 0. The molecule has 2 atom stereocenters. The van der Waals surface area contributed by atoms with Crippen LogP contribution in [0.15, 0.2) is 24.3 Å². The van der Waals surface area contributed by atoms with Crippen molar-refractivity contribution in [2.24, 2.45) is 5.41 Å². The van der Waals surface area contributed by atoms with Crippen molar-refractivity contribution in [2.45, 2.75) is 46.2 Å². The topological polar surface area (TPSA) is 32.3 Å². The molecule has 3 nitrogen and oxygen atoms in total. The smallest absolute Gasteiger partial charge is 0.228 e. The van der Waals surface area contributed by atoms with Crippen molar-refractivity contribution in [1.29, 1.82) is 0 Å². The van der Waals surface area contributed by atoms with Crippen molar-refractivity contribution in [3.63, 3.8) is 0 Å². The van der Waals surface area contributed by atoms with E-state index in [4.69, 9.17) is 0 Å². The molecule has 1 aliphatic rings. The van der Waals surface area contributed by atoms with Gasteiger partial charge in [-0.2, -0.15) is 0 Å². The number of nitrogens with one attached hydrogen (secondary N) is 1. The summed E-state index contributed by atoms with van der Waals surface area (Å²) in [5, 5.41) is 3.62. The summed E-state index contributed by atoms with van der Waals surface area (Å²) in [6.45, 7) is 8.83. The third-order valence-corrected chi connectivity index (χ3v) is 4.18. The van der Waals surface area contributed by atoms with Crippen LogP contribution >= 0.6 is 0 Å². The first kappa shape index (κ1) is 14.1. The highest BCUT2D eigenvalue weighted by Crippen LogP contribution is 2.34. The fourth-order valence-electron chi connectivity index (χ4n) is 2.34. The first-order valence-corrected chi connectivity index (χ1v) is 6.92. The van der Waals surface area contributed by atoms with E-state index in [0.29, 0.717) is 12.5 Å². The Bertz CT molecular complexity index is 476. The first-order chi connectivity index (χ1) is 8.80. The molecule has 1 heterocycles. The van der Waals surface area contributed by atoms with Crippen LogP contribution < -0.4 is 10.2 Å². The number of carbonyl (C=O) groups excluding carboxylic acids is 1. The molecule has 0 radical (unpaired) electrons. The molecule has 1 aliphatic heterocycles. The number of rotatable bonds is 2. The van der Waals surface area contributed by atoms with Gasteiger partial charge in [0.1, 0.15) is 0 Å². The number of hydrogen-bond donors (Lipinski definition) is 1. The minimum Gasteiger partial charge on any atom is -0.315 e. The number of hydrogen-bond acceptors (Lipinski definition) is 2. The lowest BCUT2D eigenvalue weighted by Crippen LogP contribution is -2.44. The minimum atomic E-state index is 0.120. The molecule has 104 valence electrons. The fraction of sp³-hybridized carbons (Fsp3) is 0.562. The Morgan fingerprint density at radius 1 is 1.32 bits per heavy atom. The monoisotopic (exact) mass is 260 g/mol. The van der Waals surface area contributed by atoms with Crippen molar-refractivity contribution < 1.29 is 4.79 Å². The van der Waals surface area contributed by atoms with Gasteiger partial charge >= 0.3 is 0 Å². The summed E-state index contributed by atoms with van der Waals surface area (Å²) in [6, 6.07) is 8.63. The van der Waals surface area contributed by atoms with E-state index >= 15 is 0 Å². The Morgan fingerprint density at radius 3 is 2.58 bits per heavy atom. The van der Waals surface area contributed by atoms with Gasteiger partial charge in [-0.3, -0.25) is 4.79 Å². The van der Waals surface area contributed by atoms with E-state index in [2.05, 4.69) is 39.1 Å². The lowest BCUT2D eigenvalue weighted by atomic mass is 9.86. The van der Waals surface area contributed by atoms with Gasteiger partial charge in [0.2, 0.25) is 5.91 Å². The Labute approximate surface area is 116 Å². The van der Waals surface area contributed by atoms with Gasteiger partial charge < -0.3 is 10.2 Å². The summed E-state index contributed by atoms with van der Waals surface area (Å²) in [7, 11) is 1.85. The maximum Gasteiger partial charge on any atom is 0.228 e. The van der Waals surface area contributed by atoms with Gasteiger partial charge in [-0.25, -0.2) is 0 Å². The maximum absolute atomic E-state index is 12.1. The molecule has 0 aromatic heterocycles. The second-order valence-corrected chi connectivity index (χ2v) is 6.52. The fourth-order valence-corrected chi connectivity index (χ4v) is 2.34. The normalized spacial score (nSPS) is 21.2. The molecule has 0 aliphatic carbocycles. The number of fused-ring (bicyclic) bond motifs is 1. The van der Waals surface area contributed by atoms with E-state index in [1.165, 1.54) is 5.56 Å². The van der Waals surface area contributed by atoms with Gasteiger partial charge in [-0.1, -0.05) is 39.0 Å². The summed E-state index contributed by atoms with van der Waals surface area (Å²) in [5.41, 5.74) is 2.43. The summed E-state index contributed by atoms with van der Waals surface area (Å²) in [4.78, 5) is 13.8. The maximum atomic E-state index is 12.1. The molecular weight excluding hydrogens is 236 g/mol. The van der Waals surface area contributed by atoms with E-state index in [1.54, 1.807) is 4.90 Å². The number of para-hydroxylation sites is 1. The molecule has 1 amide bonds. The predicted molar refractivity (Wildman–Crippen MR) is 79.3 cm³/mol. The molecule has 1 aromatic rings. The van der Waals surface area contributed by atoms with Gasteiger partial charge in [0.15, 0.2) is 0 Å². The van der Waals surface area contributed by atoms with Crippen LogP contribution in [0, 0.1) is 5.41 Å². The quantitative estimate of drug-likeness (QED) is 0.886. The van der Waals surface area contributed by atoms with Crippen LogP contribution in [0.25, 0.3) is 0 Å². The molecule has 2 rings (SSSR count). The third kappa shape index (κ3) is 2.81. The summed E-state index contributed by atoms with van der Waals surface area (Å²) < 4.78 is 0. The SMILES string of the molecule is CC(NC1CC(=O)N(C)c2ccccc21)C(C)(C)C. The van der Waals surface area contributed by atoms with E-state index in [9.17, 15) is 4.79 Å². The molecule has 2 unspecified atom stereocenters. The average Bonchev–Trinajstić information content (AvgIpc) is 2.34. The lowest BCUT2D eigenvalue weighted by Gasteiger charge is -2.37. The molecule has 1 aromatic carbocycles. The van der Waals surface area contributed by atoms with Crippen LogP contribution in [0.2, 0.25) is 0 Å². The average molecular weight is 260 g/mol. The standard InChI is InChI=1S/C16H24N2O/c1-11(16(2,3)4)17-13-10-15(19)18(5)14-9-7-6-8-12(13)14/h6-9,11,13,17H,10H2,1-5H3. The van der Waals surface area contributed by atoms with E-state index in [-0.39, 0.29) is 17.4 Å². The molecule has 19 heavy (non-hydrogen) atoms. The van der Waals surface area contributed by atoms with Crippen LogP contribution in [0.3, 0.4) is 0 Å². The molecule has 0 saturated carbocycles. The lowest BCUT2D eigenvalue weighted by molar-refractivity contribution is -0.119. The highest BCUT2D eigenvalue weighted by Gasteiger charge is 2.31. The Kier molecular flexibility index (Phi) is 3.68. The zero-order valence-electron chi connectivity index (χ0n) is 12.5. The van der Waals surface area contributed by atoms with Crippen LogP contribution in [0.1, 0.15) is 45.7 Å². The molecule has 3 heteroatoms. The van der Waals surface area contributed by atoms with Crippen LogP contribution in [-0.4, -0.2) is 19.0 Å². The zero-order valence-corrected chi connectivity index (χ0v) is 12.5. The van der Waals surface area contributed by atoms with Gasteiger partial charge in [-0.05, 0) is 24.0 Å². The Balaban J connectivity index is 2.28. The van der Waals surface area contributed by atoms with Crippen molar-refractivity contribution in [3.05, 3.63) is 29.8 Å². The molecule has 0 saturated heterocycles.